The lowest BCUT2D eigenvalue weighted by Crippen LogP contribution is -2.23. The summed E-state index contributed by atoms with van der Waals surface area (Å²) in [6.07, 6.45) is 0.553. The lowest BCUT2D eigenvalue weighted by Gasteiger charge is -2.13. The Kier molecular flexibility index (Phi) is 6.78. The van der Waals surface area contributed by atoms with Crippen LogP contribution in [-0.4, -0.2) is 31.3 Å². The molecule has 1 atom stereocenters. The van der Waals surface area contributed by atoms with Crippen molar-refractivity contribution in [1.29, 1.82) is 0 Å². The van der Waals surface area contributed by atoms with Crippen LogP contribution >= 0.6 is 0 Å². The van der Waals surface area contributed by atoms with Crippen molar-refractivity contribution < 1.29 is 14.6 Å². The van der Waals surface area contributed by atoms with Crippen molar-refractivity contribution in [3.05, 3.63) is 71.3 Å². The third kappa shape index (κ3) is 5.85. The van der Waals surface area contributed by atoms with Gasteiger partial charge in [0.15, 0.2) is 0 Å². The average Bonchev–Trinajstić information content (AvgIpc) is 2.59. The van der Waals surface area contributed by atoms with Gasteiger partial charge in [-0.1, -0.05) is 54.6 Å². The van der Waals surface area contributed by atoms with Crippen LogP contribution in [0.4, 0.5) is 0 Å². The molecule has 0 amide bonds. The van der Waals surface area contributed by atoms with Gasteiger partial charge in [0.25, 0.3) is 0 Å². The number of carbonyl (C=O) groups is 1. The molecule has 2 rings (SSSR count). The topological polar surface area (TPSA) is 58.6 Å². The van der Waals surface area contributed by atoms with Gasteiger partial charge in [0.1, 0.15) is 0 Å². The van der Waals surface area contributed by atoms with Gasteiger partial charge >= 0.3 is 5.97 Å². The molecule has 0 bridgehead atoms. The van der Waals surface area contributed by atoms with E-state index >= 15 is 0 Å². The van der Waals surface area contributed by atoms with Gasteiger partial charge in [-0.3, -0.25) is 4.79 Å². The number of aliphatic hydroxyl groups excluding tert-OH is 1. The van der Waals surface area contributed by atoms with E-state index in [1.165, 1.54) is 12.7 Å². The zero-order chi connectivity index (χ0) is 16.5. The van der Waals surface area contributed by atoms with Gasteiger partial charge in [-0.2, -0.15) is 0 Å². The van der Waals surface area contributed by atoms with Crippen molar-refractivity contribution in [3.8, 4) is 0 Å². The first kappa shape index (κ1) is 17.2. The number of hydrogen-bond donors (Lipinski definition) is 2. The van der Waals surface area contributed by atoms with Gasteiger partial charge in [0, 0.05) is 6.54 Å². The molecule has 122 valence electrons. The largest absolute Gasteiger partial charge is 0.469 e. The van der Waals surface area contributed by atoms with E-state index in [4.69, 9.17) is 0 Å². The first-order valence-corrected chi connectivity index (χ1v) is 7.77. The summed E-state index contributed by atoms with van der Waals surface area (Å²) in [6, 6.07) is 17.7. The first-order chi connectivity index (χ1) is 11.2. The van der Waals surface area contributed by atoms with Crippen molar-refractivity contribution in [2.45, 2.75) is 18.9 Å². The molecule has 0 aliphatic rings. The maximum atomic E-state index is 11.3. The SMILES string of the molecule is COC(=O)Cc1cccc(C(O)CNCCc2ccccc2)c1. The Labute approximate surface area is 137 Å². The van der Waals surface area contributed by atoms with Crippen molar-refractivity contribution in [2.24, 2.45) is 0 Å². The molecule has 0 radical (unpaired) electrons. The summed E-state index contributed by atoms with van der Waals surface area (Å²) in [5.41, 5.74) is 2.92. The maximum Gasteiger partial charge on any atom is 0.309 e. The molecule has 0 heterocycles. The molecule has 0 aliphatic heterocycles. The molecule has 23 heavy (non-hydrogen) atoms. The van der Waals surface area contributed by atoms with Gasteiger partial charge in [-0.15, -0.1) is 0 Å². The Balaban J connectivity index is 1.80. The second-order valence-corrected chi connectivity index (χ2v) is 5.45. The minimum Gasteiger partial charge on any atom is -0.469 e. The fourth-order valence-corrected chi connectivity index (χ4v) is 2.38. The van der Waals surface area contributed by atoms with E-state index in [1.807, 2.05) is 42.5 Å². The number of carbonyl (C=O) groups excluding carboxylic acids is 1. The Morgan fingerprint density at radius 1 is 1.13 bits per heavy atom. The van der Waals surface area contributed by atoms with Crippen LogP contribution in [0.25, 0.3) is 0 Å². The summed E-state index contributed by atoms with van der Waals surface area (Å²) in [5.74, 6) is -0.280. The van der Waals surface area contributed by atoms with Crippen LogP contribution in [-0.2, 0) is 22.4 Å². The predicted octanol–water partition coefficient (Wildman–Crippen LogP) is 2.27. The number of rotatable bonds is 8. The second kappa shape index (κ2) is 9.08. The summed E-state index contributed by atoms with van der Waals surface area (Å²) in [5, 5.41) is 13.5. The zero-order valence-corrected chi connectivity index (χ0v) is 13.4. The van der Waals surface area contributed by atoms with E-state index in [0.717, 1.165) is 24.1 Å². The molecule has 0 fully saturated rings. The monoisotopic (exact) mass is 313 g/mol. The van der Waals surface area contributed by atoms with Gasteiger partial charge in [-0.05, 0) is 29.7 Å². The van der Waals surface area contributed by atoms with E-state index in [-0.39, 0.29) is 12.4 Å². The summed E-state index contributed by atoms with van der Waals surface area (Å²) < 4.78 is 4.66. The minimum absolute atomic E-state index is 0.221. The van der Waals surface area contributed by atoms with E-state index in [1.54, 1.807) is 0 Å². The molecule has 0 saturated heterocycles. The molecule has 4 nitrogen and oxygen atoms in total. The van der Waals surface area contributed by atoms with Crippen molar-refractivity contribution >= 4 is 5.97 Å². The maximum absolute atomic E-state index is 11.3. The van der Waals surface area contributed by atoms with Crippen molar-refractivity contribution in [1.82, 2.24) is 5.32 Å². The van der Waals surface area contributed by atoms with E-state index in [2.05, 4.69) is 22.2 Å². The third-order valence-electron chi connectivity index (χ3n) is 3.68. The number of hydrogen-bond acceptors (Lipinski definition) is 4. The molecule has 0 aliphatic carbocycles. The average molecular weight is 313 g/mol. The van der Waals surface area contributed by atoms with Crippen LogP contribution in [0.15, 0.2) is 54.6 Å². The van der Waals surface area contributed by atoms with Crippen LogP contribution < -0.4 is 5.32 Å². The predicted molar refractivity (Wildman–Crippen MR) is 90.1 cm³/mol. The van der Waals surface area contributed by atoms with Crippen LogP contribution in [0, 0.1) is 0 Å². The summed E-state index contributed by atoms with van der Waals surface area (Å²) in [6.45, 7) is 1.29. The Morgan fingerprint density at radius 3 is 2.61 bits per heavy atom. The zero-order valence-electron chi connectivity index (χ0n) is 13.4. The fourth-order valence-electron chi connectivity index (χ4n) is 2.38. The van der Waals surface area contributed by atoms with E-state index in [9.17, 15) is 9.90 Å². The van der Waals surface area contributed by atoms with E-state index < -0.39 is 6.10 Å². The highest BCUT2D eigenvalue weighted by atomic mass is 16.5. The third-order valence-corrected chi connectivity index (χ3v) is 3.68. The summed E-state index contributed by atoms with van der Waals surface area (Å²) in [4.78, 5) is 11.3. The normalized spacial score (nSPS) is 11.9. The van der Waals surface area contributed by atoms with Gasteiger partial charge in [0.05, 0.1) is 19.6 Å². The standard InChI is InChI=1S/C19H23NO3/c1-23-19(22)13-16-8-5-9-17(12-16)18(21)14-20-11-10-15-6-3-2-4-7-15/h2-9,12,18,20-21H,10-11,13-14H2,1H3. The molecule has 0 saturated carbocycles. The van der Waals surface area contributed by atoms with Crippen LogP contribution in [0.2, 0.25) is 0 Å². The van der Waals surface area contributed by atoms with Crippen molar-refractivity contribution in [3.63, 3.8) is 0 Å². The lowest BCUT2D eigenvalue weighted by molar-refractivity contribution is -0.139. The second-order valence-electron chi connectivity index (χ2n) is 5.45. The summed E-state index contributed by atoms with van der Waals surface area (Å²) >= 11 is 0. The molecule has 4 heteroatoms. The number of aliphatic hydroxyl groups is 1. The molecule has 2 aromatic rings. The Hall–Kier alpha value is -2.17. The number of benzene rings is 2. The fraction of sp³-hybridized carbons (Fsp3) is 0.316. The van der Waals surface area contributed by atoms with Gasteiger partial charge in [-0.25, -0.2) is 0 Å². The smallest absolute Gasteiger partial charge is 0.309 e. The molecule has 2 N–H and O–H groups in total. The highest BCUT2D eigenvalue weighted by molar-refractivity contribution is 5.72. The molecule has 2 aromatic carbocycles. The molecular weight excluding hydrogens is 290 g/mol. The molecular formula is C19H23NO3. The van der Waals surface area contributed by atoms with Gasteiger partial charge in [0.2, 0.25) is 0 Å². The van der Waals surface area contributed by atoms with Crippen LogP contribution in [0.5, 0.6) is 0 Å². The Morgan fingerprint density at radius 2 is 1.87 bits per heavy atom. The minimum atomic E-state index is -0.594. The van der Waals surface area contributed by atoms with Crippen LogP contribution in [0.1, 0.15) is 22.8 Å². The summed E-state index contributed by atoms with van der Waals surface area (Å²) in [7, 11) is 1.37. The van der Waals surface area contributed by atoms with E-state index in [0.29, 0.717) is 6.54 Å². The first-order valence-electron chi connectivity index (χ1n) is 7.77. The number of esters is 1. The number of ether oxygens (including phenoxy) is 1. The van der Waals surface area contributed by atoms with Crippen LogP contribution in [0.3, 0.4) is 0 Å². The Bertz CT molecular complexity index is 613. The molecule has 0 spiro atoms. The lowest BCUT2D eigenvalue weighted by atomic mass is 10.0. The van der Waals surface area contributed by atoms with Crippen molar-refractivity contribution in [2.75, 3.05) is 20.2 Å². The van der Waals surface area contributed by atoms with Gasteiger partial charge < -0.3 is 15.2 Å². The quantitative estimate of drug-likeness (QED) is 0.580. The molecule has 0 aromatic heterocycles. The number of nitrogens with one attached hydrogen (secondary N) is 1. The number of methoxy groups -OCH3 is 1. The highest BCUT2D eigenvalue weighted by Gasteiger charge is 2.09. The highest BCUT2D eigenvalue weighted by Crippen LogP contribution is 2.14. The molecule has 1 unspecified atom stereocenters.